The monoisotopic (exact) mass is 238 g/mol. The number of ketones is 1. The summed E-state index contributed by atoms with van der Waals surface area (Å²) in [5, 5.41) is 0.733. The molecule has 1 fully saturated rings. The average Bonchev–Trinajstić information content (AvgIpc) is 2.23. The van der Waals surface area contributed by atoms with Gasteiger partial charge in [-0.15, -0.1) is 0 Å². The first-order valence-electron chi connectivity index (χ1n) is 5.37. The summed E-state index contributed by atoms with van der Waals surface area (Å²) < 4.78 is 5.79. The van der Waals surface area contributed by atoms with Gasteiger partial charge in [-0.2, -0.15) is 0 Å². The fourth-order valence-corrected chi connectivity index (χ4v) is 1.90. The molecule has 3 heteroatoms. The summed E-state index contributed by atoms with van der Waals surface area (Å²) in [5.41, 5.74) is 0.635. The molecule has 1 atom stereocenters. The molecule has 1 aliphatic rings. The molecule has 16 heavy (non-hydrogen) atoms. The maximum Gasteiger partial charge on any atom is 0.145 e. The quantitative estimate of drug-likeness (QED) is 0.790. The van der Waals surface area contributed by atoms with Gasteiger partial charge >= 0.3 is 0 Å². The standard InChI is InChI=1S/C13H15ClO2/c1-8-6-9(4-5-10(8)14)16-12-7-11(15)13(12,2)3/h4-6,12H,7H2,1-3H3. The van der Waals surface area contributed by atoms with Crippen molar-refractivity contribution in [3.8, 4) is 5.75 Å². The zero-order valence-electron chi connectivity index (χ0n) is 9.71. The molecule has 0 aliphatic heterocycles. The zero-order chi connectivity index (χ0) is 11.9. The van der Waals surface area contributed by atoms with Crippen LogP contribution in [0.4, 0.5) is 0 Å². The number of halogens is 1. The maximum absolute atomic E-state index is 11.4. The van der Waals surface area contributed by atoms with Gasteiger partial charge in [-0.05, 0) is 44.5 Å². The van der Waals surface area contributed by atoms with Crippen molar-refractivity contribution in [2.75, 3.05) is 0 Å². The van der Waals surface area contributed by atoms with E-state index in [1.54, 1.807) is 0 Å². The number of rotatable bonds is 2. The molecule has 2 nitrogen and oxygen atoms in total. The lowest BCUT2D eigenvalue weighted by Gasteiger charge is -2.41. The van der Waals surface area contributed by atoms with Crippen molar-refractivity contribution in [1.82, 2.24) is 0 Å². The van der Waals surface area contributed by atoms with Gasteiger partial charge in [0.25, 0.3) is 0 Å². The number of aryl methyl sites for hydroxylation is 1. The normalized spacial score (nSPS) is 22.8. The van der Waals surface area contributed by atoms with Gasteiger partial charge in [-0.1, -0.05) is 11.6 Å². The summed E-state index contributed by atoms with van der Waals surface area (Å²) in [6.07, 6.45) is 0.495. The van der Waals surface area contributed by atoms with Crippen molar-refractivity contribution in [3.05, 3.63) is 28.8 Å². The van der Waals surface area contributed by atoms with E-state index >= 15 is 0 Å². The second kappa shape index (κ2) is 3.77. The van der Waals surface area contributed by atoms with E-state index in [-0.39, 0.29) is 17.3 Å². The van der Waals surface area contributed by atoms with Crippen LogP contribution in [-0.4, -0.2) is 11.9 Å². The minimum atomic E-state index is -0.354. The Kier molecular flexibility index (Phi) is 2.70. The van der Waals surface area contributed by atoms with Crippen LogP contribution in [0, 0.1) is 12.3 Å². The third-order valence-corrected chi connectivity index (χ3v) is 3.73. The van der Waals surface area contributed by atoms with E-state index in [4.69, 9.17) is 16.3 Å². The molecule has 2 rings (SSSR count). The average molecular weight is 239 g/mol. The Balaban J connectivity index is 2.11. The fraction of sp³-hybridized carbons (Fsp3) is 0.462. The van der Waals surface area contributed by atoms with Crippen molar-refractivity contribution in [1.29, 1.82) is 0 Å². The summed E-state index contributed by atoms with van der Waals surface area (Å²) in [6, 6.07) is 5.56. The topological polar surface area (TPSA) is 26.3 Å². The Hall–Kier alpha value is -1.02. The molecular formula is C13H15ClO2. The number of hydrogen-bond donors (Lipinski definition) is 0. The second-order valence-corrected chi connectivity index (χ2v) is 5.27. The number of ether oxygens (including phenoxy) is 1. The lowest BCUT2D eigenvalue weighted by molar-refractivity contribution is -0.148. The first-order chi connectivity index (χ1) is 7.41. The van der Waals surface area contributed by atoms with Crippen LogP contribution < -0.4 is 4.74 Å². The van der Waals surface area contributed by atoms with E-state index in [0.717, 1.165) is 16.3 Å². The summed E-state index contributed by atoms with van der Waals surface area (Å²) in [7, 11) is 0. The smallest absolute Gasteiger partial charge is 0.145 e. The minimum absolute atomic E-state index is 0.0134. The lowest BCUT2D eigenvalue weighted by Crippen LogP contribution is -2.52. The van der Waals surface area contributed by atoms with Crippen molar-refractivity contribution in [2.24, 2.45) is 5.41 Å². The predicted octanol–water partition coefficient (Wildman–Crippen LogP) is 3.39. The van der Waals surface area contributed by atoms with E-state index < -0.39 is 0 Å². The Labute approximate surface area is 101 Å². The number of hydrogen-bond acceptors (Lipinski definition) is 2. The summed E-state index contributed by atoms with van der Waals surface area (Å²) >= 11 is 5.93. The van der Waals surface area contributed by atoms with Gasteiger partial charge in [-0.3, -0.25) is 4.79 Å². The van der Waals surface area contributed by atoms with Crippen LogP contribution in [0.5, 0.6) is 5.75 Å². The second-order valence-electron chi connectivity index (χ2n) is 4.87. The number of carbonyl (C=O) groups excluding carboxylic acids is 1. The first kappa shape index (κ1) is 11.5. The van der Waals surface area contributed by atoms with Gasteiger partial charge in [-0.25, -0.2) is 0 Å². The third-order valence-electron chi connectivity index (χ3n) is 3.30. The van der Waals surface area contributed by atoms with Crippen molar-refractivity contribution in [3.63, 3.8) is 0 Å². The van der Waals surface area contributed by atoms with Crippen LogP contribution >= 0.6 is 11.6 Å². The Bertz CT molecular complexity index is 438. The van der Waals surface area contributed by atoms with E-state index in [1.165, 1.54) is 0 Å². The Morgan fingerprint density at radius 1 is 1.44 bits per heavy atom. The van der Waals surface area contributed by atoms with E-state index in [9.17, 15) is 4.79 Å². The van der Waals surface area contributed by atoms with Gasteiger partial charge < -0.3 is 4.74 Å². The molecule has 1 aliphatic carbocycles. The van der Waals surface area contributed by atoms with Crippen LogP contribution in [-0.2, 0) is 4.79 Å². The molecule has 0 aromatic heterocycles. The Morgan fingerprint density at radius 3 is 2.62 bits per heavy atom. The van der Waals surface area contributed by atoms with Crippen LogP contribution in [0.25, 0.3) is 0 Å². The summed E-state index contributed by atoms with van der Waals surface area (Å²) in [4.78, 5) is 11.4. The van der Waals surface area contributed by atoms with Gasteiger partial charge in [0, 0.05) is 11.4 Å². The maximum atomic E-state index is 11.4. The third kappa shape index (κ3) is 1.82. The zero-order valence-corrected chi connectivity index (χ0v) is 10.5. The first-order valence-corrected chi connectivity index (χ1v) is 5.75. The summed E-state index contributed by atoms with van der Waals surface area (Å²) in [5.74, 6) is 1.05. The van der Waals surface area contributed by atoms with E-state index in [1.807, 2.05) is 39.0 Å². The Morgan fingerprint density at radius 2 is 2.12 bits per heavy atom. The molecule has 0 radical (unpaired) electrons. The van der Waals surface area contributed by atoms with E-state index in [0.29, 0.717) is 6.42 Å². The SMILES string of the molecule is Cc1cc(OC2CC(=O)C2(C)C)ccc1Cl. The fourth-order valence-electron chi connectivity index (χ4n) is 1.78. The molecule has 1 saturated carbocycles. The molecule has 0 amide bonds. The number of benzene rings is 1. The predicted molar refractivity (Wildman–Crippen MR) is 64.0 cm³/mol. The highest BCUT2D eigenvalue weighted by atomic mass is 35.5. The van der Waals surface area contributed by atoms with Crippen molar-refractivity contribution in [2.45, 2.75) is 33.3 Å². The molecule has 86 valence electrons. The van der Waals surface area contributed by atoms with Gasteiger partial charge in [0.1, 0.15) is 17.6 Å². The molecule has 1 aromatic carbocycles. The van der Waals surface area contributed by atoms with Crippen molar-refractivity contribution < 1.29 is 9.53 Å². The van der Waals surface area contributed by atoms with Gasteiger partial charge in [0.15, 0.2) is 0 Å². The van der Waals surface area contributed by atoms with Crippen molar-refractivity contribution >= 4 is 17.4 Å². The molecule has 0 N–H and O–H groups in total. The minimum Gasteiger partial charge on any atom is -0.489 e. The van der Waals surface area contributed by atoms with Gasteiger partial charge in [0.2, 0.25) is 0 Å². The number of Topliss-reactive ketones (excluding diaryl/α,β-unsaturated/α-hetero) is 1. The van der Waals surface area contributed by atoms with Gasteiger partial charge in [0.05, 0.1) is 5.41 Å². The molecule has 1 aromatic rings. The molecule has 0 bridgehead atoms. The molecule has 0 saturated heterocycles. The molecule has 0 heterocycles. The highest BCUT2D eigenvalue weighted by molar-refractivity contribution is 6.31. The van der Waals surface area contributed by atoms with Crippen LogP contribution in [0.2, 0.25) is 5.02 Å². The highest BCUT2D eigenvalue weighted by Gasteiger charge is 2.49. The number of carbonyl (C=O) groups is 1. The largest absolute Gasteiger partial charge is 0.489 e. The summed E-state index contributed by atoms with van der Waals surface area (Å²) in [6.45, 7) is 5.78. The van der Waals surface area contributed by atoms with Crippen LogP contribution in [0.15, 0.2) is 18.2 Å². The van der Waals surface area contributed by atoms with Crippen LogP contribution in [0.1, 0.15) is 25.8 Å². The van der Waals surface area contributed by atoms with E-state index in [2.05, 4.69) is 0 Å². The molecule has 1 unspecified atom stereocenters. The molecular weight excluding hydrogens is 224 g/mol. The highest BCUT2D eigenvalue weighted by Crippen LogP contribution is 2.39. The van der Waals surface area contributed by atoms with Crippen LogP contribution in [0.3, 0.4) is 0 Å². The lowest BCUT2D eigenvalue weighted by atomic mass is 9.68. The molecule has 0 spiro atoms.